The molecule has 114 valence electrons. The first kappa shape index (κ1) is 14.5. The van der Waals surface area contributed by atoms with Crippen LogP contribution in [-0.4, -0.2) is 31.6 Å². The zero-order chi connectivity index (χ0) is 15.5. The molecule has 6 nitrogen and oxygen atoms in total. The molecule has 0 saturated carbocycles. The number of aliphatic hydroxyl groups excluding tert-OH is 1. The molecule has 2 N–H and O–H groups in total. The third kappa shape index (κ3) is 2.65. The number of fused-ring (bicyclic) bond motifs is 1. The van der Waals surface area contributed by atoms with Crippen LogP contribution < -0.4 is 5.43 Å². The monoisotopic (exact) mass is 297 g/mol. The SMILES string of the molecule is CC(C)c1c2ncncc2nn1NC(CO)c1ccccc1. The number of benzene rings is 1. The Bertz CT molecular complexity index is 754. The Morgan fingerprint density at radius 1 is 1.23 bits per heavy atom. The Hall–Kier alpha value is -2.47. The lowest BCUT2D eigenvalue weighted by Crippen LogP contribution is -2.26. The maximum Gasteiger partial charge on any atom is 0.131 e. The highest BCUT2D eigenvalue weighted by Gasteiger charge is 2.18. The fraction of sp³-hybridized carbons (Fsp3) is 0.312. The van der Waals surface area contributed by atoms with Gasteiger partial charge in [0.15, 0.2) is 0 Å². The Kier molecular flexibility index (Phi) is 4.02. The Labute approximate surface area is 128 Å². The van der Waals surface area contributed by atoms with Crippen LogP contribution in [0.3, 0.4) is 0 Å². The van der Waals surface area contributed by atoms with Crippen molar-refractivity contribution in [3.05, 3.63) is 54.1 Å². The minimum atomic E-state index is -0.235. The van der Waals surface area contributed by atoms with Crippen LogP contribution in [0.5, 0.6) is 0 Å². The van der Waals surface area contributed by atoms with E-state index in [-0.39, 0.29) is 18.6 Å². The van der Waals surface area contributed by atoms with Gasteiger partial charge in [0.1, 0.15) is 17.4 Å². The molecule has 1 aromatic carbocycles. The van der Waals surface area contributed by atoms with Crippen molar-refractivity contribution in [2.24, 2.45) is 0 Å². The van der Waals surface area contributed by atoms with Gasteiger partial charge in [-0.2, -0.15) is 4.79 Å². The number of rotatable bonds is 5. The first-order valence-corrected chi connectivity index (χ1v) is 7.31. The summed E-state index contributed by atoms with van der Waals surface area (Å²) in [5.74, 6) is 0.238. The van der Waals surface area contributed by atoms with Gasteiger partial charge >= 0.3 is 0 Å². The highest BCUT2D eigenvalue weighted by atomic mass is 16.3. The predicted octanol–water partition coefficient (Wildman–Crippen LogP) is 2.23. The van der Waals surface area contributed by atoms with Gasteiger partial charge in [-0.3, -0.25) is 5.43 Å². The summed E-state index contributed by atoms with van der Waals surface area (Å²) in [6, 6.07) is 9.58. The molecule has 0 amide bonds. The number of aromatic nitrogens is 4. The molecule has 6 heteroatoms. The molecule has 0 aliphatic heterocycles. The molecular formula is C16H19N5O. The molecule has 2 heterocycles. The number of aliphatic hydroxyl groups is 1. The highest BCUT2D eigenvalue weighted by molar-refractivity contribution is 5.76. The lowest BCUT2D eigenvalue weighted by atomic mass is 10.1. The van der Waals surface area contributed by atoms with Crippen molar-refractivity contribution in [3.8, 4) is 0 Å². The number of nitrogens with zero attached hydrogens (tertiary/aromatic N) is 4. The Balaban J connectivity index is 2.01. The molecule has 22 heavy (non-hydrogen) atoms. The first-order valence-electron chi connectivity index (χ1n) is 7.31. The summed E-state index contributed by atoms with van der Waals surface area (Å²) in [4.78, 5) is 10.1. The van der Waals surface area contributed by atoms with Gasteiger partial charge in [-0.15, -0.1) is 5.10 Å². The molecule has 0 radical (unpaired) electrons. The highest BCUT2D eigenvalue weighted by Crippen LogP contribution is 2.23. The van der Waals surface area contributed by atoms with Crippen molar-refractivity contribution in [2.45, 2.75) is 25.8 Å². The van der Waals surface area contributed by atoms with E-state index in [0.717, 1.165) is 22.3 Å². The van der Waals surface area contributed by atoms with E-state index in [1.807, 2.05) is 30.3 Å². The lowest BCUT2D eigenvalue weighted by Gasteiger charge is -2.20. The smallest absolute Gasteiger partial charge is 0.131 e. The van der Waals surface area contributed by atoms with Crippen LogP contribution in [0, 0.1) is 0 Å². The van der Waals surface area contributed by atoms with Crippen LogP contribution in [0.1, 0.15) is 37.1 Å². The van der Waals surface area contributed by atoms with Gasteiger partial charge in [-0.1, -0.05) is 44.2 Å². The van der Waals surface area contributed by atoms with Crippen molar-refractivity contribution >= 4 is 11.0 Å². The average molecular weight is 297 g/mol. The van der Waals surface area contributed by atoms with E-state index >= 15 is 0 Å². The van der Waals surface area contributed by atoms with E-state index in [2.05, 4.69) is 34.3 Å². The second-order valence-corrected chi connectivity index (χ2v) is 5.48. The summed E-state index contributed by atoms with van der Waals surface area (Å²) < 4.78 is 0. The zero-order valence-electron chi connectivity index (χ0n) is 12.6. The van der Waals surface area contributed by atoms with E-state index < -0.39 is 0 Å². The molecule has 3 aromatic rings. The van der Waals surface area contributed by atoms with Crippen LogP contribution in [-0.2, 0) is 0 Å². The van der Waals surface area contributed by atoms with Crippen LogP contribution in [0.2, 0.25) is 0 Å². The van der Waals surface area contributed by atoms with Crippen LogP contribution in [0.4, 0.5) is 0 Å². The van der Waals surface area contributed by atoms with E-state index in [1.165, 1.54) is 6.33 Å². The summed E-state index contributed by atoms with van der Waals surface area (Å²) in [5, 5.41) is 14.2. The number of hydrogen-bond acceptors (Lipinski definition) is 5. The van der Waals surface area contributed by atoms with Gasteiger partial charge < -0.3 is 5.11 Å². The molecule has 0 aliphatic carbocycles. The van der Waals surface area contributed by atoms with Gasteiger partial charge in [-0.05, 0) is 11.5 Å². The van der Waals surface area contributed by atoms with Crippen molar-refractivity contribution in [1.29, 1.82) is 0 Å². The predicted molar refractivity (Wildman–Crippen MR) is 85.0 cm³/mol. The fourth-order valence-corrected chi connectivity index (χ4v) is 2.52. The summed E-state index contributed by atoms with van der Waals surface area (Å²) >= 11 is 0. The zero-order valence-corrected chi connectivity index (χ0v) is 12.6. The molecule has 0 bridgehead atoms. The van der Waals surface area contributed by atoms with E-state index in [0.29, 0.717) is 0 Å². The quantitative estimate of drug-likeness (QED) is 0.755. The van der Waals surface area contributed by atoms with Crippen molar-refractivity contribution in [2.75, 3.05) is 12.0 Å². The van der Waals surface area contributed by atoms with Gasteiger partial charge in [-0.25, -0.2) is 9.97 Å². The molecule has 3 rings (SSSR count). The van der Waals surface area contributed by atoms with Gasteiger partial charge in [0.25, 0.3) is 0 Å². The minimum Gasteiger partial charge on any atom is -0.394 e. The van der Waals surface area contributed by atoms with Gasteiger partial charge in [0.2, 0.25) is 0 Å². The Morgan fingerprint density at radius 2 is 2.00 bits per heavy atom. The molecule has 2 aromatic heterocycles. The van der Waals surface area contributed by atoms with Crippen LogP contribution in [0.15, 0.2) is 42.9 Å². The van der Waals surface area contributed by atoms with Crippen LogP contribution in [0.25, 0.3) is 11.0 Å². The van der Waals surface area contributed by atoms with Crippen LogP contribution >= 0.6 is 0 Å². The molecule has 0 spiro atoms. The molecular weight excluding hydrogens is 278 g/mol. The molecule has 0 saturated heterocycles. The standard InChI is InChI=1S/C16H19N5O/c1-11(2)16-15-13(8-17-10-18-15)19-21(16)20-14(9-22)12-6-4-3-5-7-12/h3-8,10-11,14,20,22H,9H2,1-2H3. The minimum absolute atomic E-state index is 0.0244. The second-order valence-electron chi connectivity index (χ2n) is 5.48. The first-order chi connectivity index (χ1) is 10.7. The maximum absolute atomic E-state index is 9.71. The largest absolute Gasteiger partial charge is 0.394 e. The van der Waals surface area contributed by atoms with E-state index in [9.17, 15) is 5.11 Å². The van der Waals surface area contributed by atoms with Crippen molar-refractivity contribution in [1.82, 2.24) is 19.9 Å². The lowest BCUT2D eigenvalue weighted by molar-refractivity contribution is 0.267. The molecule has 1 atom stereocenters. The summed E-state index contributed by atoms with van der Waals surface area (Å²) in [6.45, 7) is 4.16. The molecule has 0 fully saturated rings. The Morgan fingerprint density at radius 3 is 2.68 bits per heavy atom. The number of hydrogen-bond donors (Lipinski definition) is 2. The van der Waals surface area contributed by atoms with Gasteiger partial charge in [0.05, 0.1) is 24.5 Å². The van der Waals surface area contributed by atoms with Crippen molar-refractivity contribution < 1.29 is 5.11 Å². The van der Waals surface area contributed by atoms with Gasteiger partial charge in [0, 0.05) is 0 Å². The summed E-state index contributed by atoms with van der Waals surface area (Å²) in [7, 11) is 0. The summed E-state index contributed by atoms with van der Waals surface area (Å²) in [6.07, 6.45) is 3.23. The normalized spacial score (nSPS) is 12.7. The molecule has 1 unspecified atom stereocenters. The van der Waals surface area contributed by atoms with Crippen molar-refractivity contribution in [3.63, 3.8) is 0 Å². The third-order valence-electron chi connectivity index (χ3n) is 3.58. The maximum atomic E-state index is 9.71. The van der Waals surface area contributed by atoms with E-state index in [1.54, 1.807) is 11.0 Å². The number of nitrogens with one attached hydrogen (secondary N) is 1. The second kappa shape index (κ2) is 6.11. The fourth-order valence-electron chi connectivity index (χ4n) is 2.52. The average Bonchev–Trinajstić information content (AvgIpc) is 2.91. The molecule has 0 aliphatic rings. The third-order valence-corrected chi connectivity index (χ3v) is 3.58. The summed E-state index contributed by atoms with van der Waals surface area (Å²) in [5.41, 5.74) is 6.83. The van der Waals surface area contributed by atoms with E-state index in [4.69, 9.17) is 0 Å². The topological polar surface area (TPSA) is 75.9 Å².